The molecule has 0 radical (unpaired) electrons. The van der Waals surface area contributed by atoms with Crippen LogP contribution in [0.4, 0.5) is 4.79 Å². The summed E-state index contributed by atoms with van der Waals surface area (Å²) in [6, 6.07) is -0.0480. The van der Waals surface area contributed by atoms with Gasteiger partial charge in [0.15, 0.2) is 0 Å². The van der Waals surface area contributed by atoms with Gasteiger partial charge in [-0.1, -0.05) is 19.3 Å². The van der Waals surface area contributed by atoms with Crippen LogP contribution in [0, 0.1) is 0 Å². The van der Waals surface area contributed by atoms with Crippen LogP contribution in [0.1, 0.15) is 52.4 Å². The van der Waals surface area contributed by atoms with Crippen LogP contribution in [-0.4, -0.2) is 52.6 Å². The summed E-state index contributed by atoms with van der Waals surface area (Å²) in [7, 11) is 1.76. The largest absolute Gasteiger partial charge is 0.481 e. The van der Waals surface area contributed by atoms with Crippen LogP contribution in [-0.2, 0) is 4.79 Å². The van der Waals surface area contributed by atoms with Gasteiger partial charge in [0.05, 0.1) is 12.0 Å². The van der Waals surface area contributed by atoms with E-state index in [0.717, 1.165) is 32.1 Å². The average Bonchev–Trinajstić information content (AvgIpc) is 2.39. The van der Waals surface area contributed by atoms with Crippen molar-refractivity contribution in [2.75, 3.05) is 20.1 Å². The van der Waals surface area contributed by atoms with E-state index in [4.69, 9.17) is 5.11 Å². The molecule has 0 aromatic rings. The number of carbonyl (C=O) groups is 2. The minimum Gasteiger partial charge on any atom is -0.481 e. The fourth-order valence-electron chi connectivity index (χ4n) is 3.03. The smallest absolute Gasteiger partial charge is 0.320 e. The molecule has 1 N–H and O–H groups in total. The van der Waals surface area contributed by atoms with Crippen molar-refractivity contribution < 1.29 is 14.7 Å². The van der Waals surface area contributed by atoms with E-state index in [2.05, 4.69) is 0 Å². The zero-order valence-corrected chi connectivity index (χ0v) is 12.3. The van der Waals surface area contributed by atoms with Crippen molar-refractivity contribution in [2.45, 2.75) is 57.9 Å². The van der Waals surface area contributed by atoms with Gasteiger partial charge in [-0.3, -0.25) is 4.79 Å². The van der Waals surface area contributed by atoms with E-state index in [0.29, 0.717) is 13.1 Å². The third-order valence-electron chi connectivity index (χ3n) is 4.30. The number of hydrogen-bond donors (Lipinski definition) is 1. The first kappa shape index (κ1) is 15.8. The molecule has 0 heterocycles. The van der Waals surface area contributed by atoms with Crippen molar-refractivity contribution in [2.24, 2.45) is 0 Å². The lowest BCUT2D eigenvalue weighted by atomic mass is 9.78. The lowest BCUT2D eigenvalue weighted by molar-refractivity contribution is -0.140. The van der Waals surface area contributed by atoms with E-state index < -0.39 is 11.5 Å². The number of carboxylic acids is 1. The van der Waals surface area contributed by atoms with Crippen LogP contribution < -0.4 is 0 Å². The van der Waals surface area contributed by atoms with Gasteiger partial charge >= 0.3 is 12.0 Å². The molecule has 0 bridgehead atoms. The molecule has 0 aromatic heterocycles. The van der Waals surface area contributed by atoms with Gasteiger partial charge in [-0.15, -0.1) is 0 Å². The Bertz CT molecular complexity index is 321. The van der Waals surface area contributed by atoms with Crippen molar-refractivity contribution in [3.63, 3.8) is 0 Å². The molecule has 1 saturated carbocycles. The van der Waals surface area contributed by atoms with Crippen molar-refractivity contribution in [3.8, 4) is 0 Å². The monoisotopic (exact) mass is 270 g/mol. The molecule has 5 nitrogen and oxygen atoms in total. The Balaban J connectivity index is 2.90. The number of hydrogen-bond acceptors (Lipinski definition) is 2. The minimum atomic E-state index is -0.818. The number of carboxylic acid groups (broad SMARTS) is 1. The summed E-state index contributed by atoms with van der Waals surface area (Å²) < 4.78 is 0. The molecule has 1 aliphatic carbocycles. The van der Waals surface area contributed by atoms with Crippen molar-refractivity contribution >= 4 is 12.0 Å². The molecule has 5 heteroatoms. The zero-order valence-electron chi connectivity index (χ0n) is 12.3. The SMILES string of the molecule is CCN(CC)C(=O)N(C)C1(CC(=O)O)CCCCC1. The topological polar surface area (TPSA) is 60.9 Å². The van der Waals surface area contributed by atoms with E-state index in [1.807, 2.05) is 13.8 Å². The first-order chi connectivity index (χ1) is 8.96. The molecule has 19 heavy (non-hydrogen) atoms. The highest BCUT2D eigenvalue weighted by atomic mass is 16.4. The van der Waals surface area contributed by atoms with Crippen LogP contribution >= 0.6 is 0 Å². The summed E-state index contributed by atoms with van der Waals surface area (Å²) in [6.07, 6.45) is 4.78. The summed E-state index contributed by atoms with van der Waals surface area (Å²) in [5, 5.41) is 9.16. The van der Waals surface area contributed by atoms with Gasteiger partial charge in [-0.25, -0.2) is 4.79 Å². The zero-order chi connectivity index (χ0) is 14.5. The third kappa shape index (κ3) is 3.61. The maximum Gasteiger partial charge on any atom is 0.320 e. The number of rotatable bonds is 5. The number of aliphatic carboxylic acids is 1. The Morgan fingerprint density at radius 3 is 2.05 bits per heavy atom. The molecule has 0 aliphatic heterocycles. The molecule has 0 aromatic carbocycles. The highest BCUT2D eigenvalue weighted by Crippen LogP contribution is 2.36. The summed E-state index contributed by atoms with van der Waals surface area (Å²) in [5.41, 5.74) is -0.496. The van der Waals surface area contributed by atoms with Crippen LogP contribution in [0.3, 0.4) is 0 Å². The lowest BCUT2D eigenvalue weighted by Crippen LogP contribution is -2.55. The van der Waals surface area contributed by atoms with Crippen LogP contribution in [0.5, 0.6) is 0 Å². The summed E-state index contributed by atoms with van der Waals surface area (Å²) in [5.74, 6) is -0.818. The minimum absolute atomic E-state index is 0.0480. The maximum absolute atomic E-state index is 12.5. The number of urea groups is 1. The average molecular weight is 270 g/mol. The second-order valence-corrected chi connectivity index (χ2v) is 5.37. The fraction of sp³-hybridized carbons (Fsp3) is 0.857. The molecule has 0 spiro atoms. The summed E-state index contributed by atoms with van der Waals surface area (Å²) in [6.45, 7) is 5.20. The van der Waals surface area contributed by atoms with Gasteiger partial charge in [-0.05, 0) is 26.7 Å². The highest BCUT2D eigenvalue weighted by molar-refractivity contribution is 5.77. The van der Waals surface area contributed by atoms with Crippen molar-refractivity contribution in [1.82, 2.24) is 9.80 Å². The molecule has 0 atom stereocenters. The first-order valence-electron chi connectivity index (χ1n) is 7.21. The Morgan fingerprint density at radius 1 is 1.11 bits per heavy atom. The van der Waals surface area contributed by atoms with Gasteiger partial charge in [0.25, 0.3) is 0 Å². The number of amides is 2. The normalized spacial score (nSPS) is 17.8. The Kier molecular flexibility index (Phi) is 5.63. The highest BCUT2D eigenvalue weighted by Gasteiger charge is 2.41. The van der Waals surface area contributed by atoms with Crippen LogP contribution in [0.2, 0.25) is 0 Å². The van der Waals surface area contributed by atoms with Crippen LogP contribution in [0.15, 0.2) is 0 Å². The van der Waals surface area contributed by atoms with Crippen LogP contribution in [0.25, 0.3) is 0 Å². The standard InChI is InChI=1S/C14H26N2O3/c1-4-16(5-2)13(19)15(3)14(11-12(17)18)9-7-6-8-10-14/h4-11H2,1-3H3,(H,17,18). The first-order valence-corrected chi connectivity index (χ1v) is 7.21. The van der Waals surface area contributed by atoms with E-state index in [-0.39, 0.29) is 12.5 Å². The number of carbonyl (C=O) groups excluding carboxylic acids is 1. The van der Waals surface area contributed by atoms with Gasteiger partial charge < -0.3 is 14.9 Å². The maximum atomic E-state index is 12.5. The summed E-state index contributed by atoms with van der Waals surface area (Å²) in [4.78, 5) is 27.0. The second kappa shape index (κ2) is 6.78. The molecule has 0 unspecified atom stereocenters. The van der Waals surface area contributed by atoms with E-state index in [1.165, 1.54) is 0 Å². The van der Waals surface area contributed by atoms with E-state index in [9.17, 15) is 9.59 Å². The Morgan fingerprint density at radius 2 is 1.63 bits per heavy atom. The molecule has 110 valence electrons. The lowest BCUT2D eigenvalue weighted by Gasteiger charge is -2.45. The van der Waals surface area contributed by atoms with Gasteiger partial charge in [0.2, 0.25) is 0 Å². The predicted molar refractivity (Wildman–Crippen MR) is 74.1 cm³/mol. The molecule has 1 rings (SSSR count). The fourth-order valence-corrected chi connectivity index (χ4v) is 3.03. The van der Waals surface area contributed by atoms with Gasteiger partial charge in [-0.2, -0.15) is 0 Å². The van der Waals surface area contributed by atoms with E-state index in [1.54, 1.807) is 16.8 Å². The molecular weight excluding hydrogens is 244 g/mol. The summed E-state index contributed by atoms with van der Waals surface area (Å²) >= 11 is 0. The molecule has 2 amide bonds. The van der Waals surface area contributed by atoms with Gasteiger partial charge in [0, 0.05) is 20.1 Å². The molecule has 0 saturated heterocycles. The Labute approximate surface area is 115 Å². The third-order valence-corrected chi connectivity index (χ3v) is 4.30. The van der Waals surface area contributed by atoms with Crippen molar-refractivity contribution in [1.29, 1.82) is 0 Å². The quantitative estimate of drug-likeness (QED) is 0.835. The molecule has 1 aliphatic rings. The van der Waals surface area contributed by atoms with E-state index >= 15 is 0 Å². The van der Waals surface area contributed by atoms with Gasteiger partial charge in [0.1, 0.15) is 0 Å². The number of nitrogens with zero attached hydrogens (tertiary/aromatic N) is 2. The second-order valence-electron chi connectivity index (χ2n) is 5.37. The van der Waals surface area contributed by atoms with Crippen molar-refractivity contribution in [3.05, 3.63) is 0 Å². The predicted octanol–water partition coefficient (Wildman–Crippen LogP) is 2.56. The molecular formula is C14H26N2O3. The Hall–Kier alpha value is -1.26. The molecule has 1 fully saturated rings.